The Kier molecular flexibility index (Phi) is 6.37. The highest BCUT2D eigenvalue weighted by Gasteiger charge is 2.58. The molecule has 3 rings (SSSR count). The van der Waals surface area contributed by atoms with Crippen molar-refractivity contribution in [3.63, 3.8) is 0 Å². The number of ether oxygens (including phenoxy) is 4. The Morgan fingerprint density at radius 2 is 1.72 bits per heavy atom. The van der Waals surface area contributed by atoms with Crippen LogP contribution in [0.3, 0.4) is 0 Å². The normalized spacial score (nSPS) is 24.6. The number of nitrogens with one attached hydrogen (secondary N) is 1. The van der Waals surface area contributed by atoms with Gasteiger partial charge >= 0.3 is 5.69 Å². The van der Waals surface area contributed by atoms with Crippen LogP contribution in [0.1, 0.15) is 16.6 Å². The SMILES string of the molecule is COc1cc(C(=O)C(O)(F)[C@H]2O[C@@H](n3ccc(=O)[nH]c3=O)[C@H](O)[C@@H]2O)cc(OC)c1OC. The molecule has 0 radical (unpaired) electrons. The van der Waals surface area contributed by atoms with Crippen molar-refractivity contribution >= 4 is 5.78 Å². The lowest BCUT2D eigenvalue weighted by Gasteiger charge is -2.26. The minimum absolute atomic E-state index is 0.00316. The summed E-state index contributed by atoms with van der Waals surface area (Å²) in [6, 6.07) is 3.09. The highest BCUT2D eigenvalue weighted by Crippen LogP contribution is 2.41. The van der Waals surface area contributed by atoms with Crippen molar-refractivity contribution in [1.82, 2.24) is 9.55 Å². The molecule has 1 aromatic heterocycles. The topological polar surface area (TPSA) is 170 Å². The number of hydrogen-bond donors (Lipinski definition) is 4. The first-order valence-corrected chi connectivity index (χ1v) is 9.16. The van der Waals surface area contributed by atoms with Crippen molar-refractivity contribution in [2.24, 2.45) is 0 Å². The van der Waals surface area contributed by atoms with Crippen LogP contribution in [0.2, 0.25) is 0 Å². The number of carbonyl (C=O) groups excluding carboxylic acids is 1. The second-order valence-corrected chi connectivity index (χ2v) is 6.86. The maximum absolute atomic E-state index is 15.4. The van der Waals surface area contributed by atoms with Gasteiger partial charge in [0.2, 0.25) is 11.5 Å². The Balaban J connectivity index is 1.97. The number of aromatic nitrogens is 2. The van der Waals surface area contributed by atoms with Crippen LogP contribution in [0.15, 0.2) is 34.0 Å². The third kappa shape index (κ3) is 3.86. The predicted octanol–water partition coefficient (Wildman–Crippen LogP) is -1.28. The number of benzene rings is 1. The molecule has 0 amide bonds. The summed E-state index contributed by atoms with van der Waals surface area (Å²) in [5.41, 5.74) is -2.18. The van der Waals surface area contributed by atoms with Gasteiger partial charge in [-0.1, -0.05) is 0 Å². The number of hydrogen-bond acceptors (Lipinski definition) is 10. The molecule has 1 unspecified atom stereocenters. The van der Waals surface area contributed by atoms with E-state index in [1.54, 1.807) is 0 Å². The first-order valence-electron chi connectivity index (χ1n) is 9.16. The van der Waals surface area contributed by atoms with E-state index in [0.717, 1.165) is 24.4 Å². The number of H-pyrrole nitrogens is 1. The largest absolute Gasteiger partial charge is 0.493 e. The van der Waals surface area contributed by atoms with Gasteiger partial charge < -0.3 is 34.3 Å². The molecular formula is C19H21FN2O10. The number of alkyl halides is 1. The number of methoxy groups -OCH3 is 3. The molecule has 1 fully saturated rings. The van der Waals surface area contributed by atoms with E-state index < -0.39 is 53.0 Å². The van der Waals surface area contributed by atoms with Crippen LogP contribution in [0.5, 0.6) is 17.2 Å². The van der Waals surface area contributed by atoms with Crippen molar-refractivity contribution in [3.8, 4) is 17.2 Å². The number of nitrogens with zero attached hydrogens (tertiary/aromatic N) is 1. The van der Waals surface area contributed by atoms with Gasteiger partial charge in [-0.2, -0.15) is 0 Å². The molecule has 1 saturated heterocycles. The van der Waals surface area contributed by atoms with E-state index >= 15 is 4.39 Å². The van der Waals surface area contributed by atoms with Crippen LogP contribution in [0.4, 0.5) is 4.39 Å². The van der Waals surface area contributed by atoms with Crippen LogP contribution in [0, 0.1) is 0 Å². The molecule has 2 heterocycles. The lowest BCUT2D eigenvalue weighted by atomic mass is 9.95. The standard InChI is InChI=1S/C19H21FN2O10/c1-29-9-6-8(7-10(30-2)14(9)31-3)15(26)19(20,28)16-12(24)13(25)17(32-16)22-5-4-11(23)21-18(22)27/h4-7,12-13,16-17,24-25,28H,1-3H3,(H,21,23,27)/t12-,13+,16-,17+,19?/m0/s1. The molecule has 174 valence electrons. The Morgan fingerprint density at radius 1 is 1.12 bits per heavy atom. The van der Waals surface area contributed by atoms with Gasteiger partial charge in [0.25, 0.3) is 11.4 Å². The fourth-order valence-electron chi connectivity index (χ4n) is 3.38. The van der Waals surface area contributed by atoms with E-state index in [0.29, 0.717) is 4.57 Å². The van der Waals surface area contributed by atoms with Gasteiger partial charge in [-0.3, -0.25) is 19.1 Å². The Morgan fingerprint density at radius 3 is 2.22 bits per heavy atom. The van der Waals surface area contributed by atoms with E-state index in [9.17, 15) is 29.7 Å². The molecule has 1 aromatic carbocycles. The van der Waals surface area contributed by atoms with Gasteiger partial charge in [0.15, 0.2) is 23.8 Å². The molecule has 0 saturated carbocycles. The second kappa shape index (κ2) is 8.70. The molecule has 32 heavy (non-hydrogen) atoms. The van der Waals surface area contributed by atoms with Crippen molar-refractivity contribution in [3.05, 3.63) is 50.8 Å². The third-order valence-corrected chi connectivity index (χ3v) is 4.99. The number of rotatable bonds is 7. The number of aliphatic hydroxyl groups excluding tert-OH is 2. The lowest BCUT2D eigenvalue weighted by Crippen LogP contribution is -2.51. The quantitative estimate of drug-likeness (QED) is 0.368. The zero-order valence-corrected chi connectivity index (χ0v) is 17.1. The summed E-state index contributed by atoms with van der Waals surface area (Å²) >= 11 is 0. The van der Waals surface area contributed by atoms with Gasteiger partial charge in [-0.15, -0.1) is 0 Å². The molecule has 2 aromatic rings. The smallest absolute Gasteiger partial charge is 0.330 e. The molecule has 5 atom stereocenters. The molecule has 0 spiro atoms. The zero-order valence-electron chi connectivity index (χ0n) is 17.1. The van der Waals surface area contributed by atoms with Gasteiger partial charge in [0.1, 0.15) is 12.2 Å². The average molecular weight is 456 g/mol. The fourth-order valence-corrected chi connectivity index (χ4v) is 3.38. The highest BCUT2D eigenvalue weighted by atomic mass is 19.2. The van der Waals surface area contributed by atoms with E-state index in [1.807, 2.05) is 4.98 Å². The molecule has 12 nitrogen and oxygen atoms in total. The van der Waals surface area contributed by atoms with Crippen LogP contribution in [-0.4, -0.2) is 76.2 Å². The number of ketones is 1. The number of halogens is 1. The van der Waals surface area contributed by atoms with Gasteiger partial charge in [-0.25, -0.2) is 9.18 Å². The lowest BCUT2D eigenvalue weighted by molar-refractivity contribution is -0.178. The summed E-state index contributed by atoms with van der Waals surface area (Å²) in [7, 11) is 3.84. The van der Waals surface area contributed by atoms with E-state index in [2.05, 4.69) is 0 Å². The molecule has 0 bridgehead atoms. The summed E-state index contributed by atoms with van der Waals surface area (Å²) in [5, 5.41) is 30.9. The van der Waals surface area contributed by atoms with Crippen LogP contribution in [-0.2, 0) is 4.74 Å². The third-order valence-electron chi connectivity index (χ3n) is 4.99. The summed E-state index contributed by atoms with van der Waals surface area (Å²) < 4.78 is 36.5. The monoisotopic (exact) mass is 456 g/mol. The number of Topliss-reactive ketones (excluding diaryl/α,β-unsaturated/α-hetero) is 1. The average Bonchev–Trinajstić information content (AvgIpc) is 3.07. The minimum atomic E-state index is -3.84. The first kappa shape index (κ1) is 23.4. The van der Waals surface area contributed by atoms with Crippen molar-refractivity contribution < 1.29 is 43.5 Å². The fraction of sp³-hybridized carbons (Fsp3) is 0.421. The maximum atomic E-state index is 15.4. The Bertz CT molecular complexity index is 1100. The van der Waals surface area contributed by atoms with E-state index in [1.165, 1.54) is 21.3 Å². The van der Waals surface area contributed by atoms with Gasteiger partial charge in [0, 0.05) is 17.8 Å². The summed E-state index contributed by atoms with van der Waals surface area (Å²) in [6.07, 6.45) is -7.07. The van der Waals surface area contributed by atoms with Crippen molar-refractivity contribution in [1.29, 1.82) is 0 Å². The number of aliphatic hydroxyl groups is 3. The number of aromatic amines is 1. The summed E-state index contributed by atoms with van der Waals surface area (Å²) in [4.78, 5) is 37.9. The van der Waals surface area contributed by atoms with Gasteiger partial charge in [0.05, 0.1) is 21.3 Å². The Hall–Kier alpha value is -3.26. The van der Waals surface area contributed by atoms with Gasteiger partial charge in [-0.05, 0) is 12.1 Å². The van der Waals surface area contributed by atoms with Crippen molar-refractivity contribution in [2.75, 3.05) is 21.3 Å². The molecule has 0 aliphatic carbocycles. The maximum Gasteiger partial charge on any atom is 0.330 e. The summed E-state index contributed by atoms with van der Waals surface area (Å²) in [6.45, 7) is 0. The van der Waals surface area contributed by atoms with Crippen LogP contribution < -0.4 is 25.5 Å². The van der Waals surface area contributed by atoms with Crippen molar-refractivity contribution in [2.45, 2.75) is 30.4 Å². The van der Waals surface area contributed by atoms with E-state index in [-0.39, 0.29) is 17.2 Å². The molecule has 1 aliphatic rings. The van der Waals surface area contributed by atoms with Crippen LogP contribution in [0.25, 0.3) is 0 Å². The van der Waals surface area contributed by atoms with Crippen LogP contribution >= 0.6 is 0 Å². The summed E-state index contributed by atoms with van der Waals surface area (Å²) in [5.74, 6) is -5.28. The first-order chi connectivity index (χ1) is 15.1. The molecule has 1 aliphatic heterocycles. The molecule has 13 heteroatoms. The highest BCUT2D eigenvalue weighted by molar-refractivity contribution is 6.02. The number of carbonyl (C=O) groups is 1. The van der Waals surface area contributed by atoms with E-state index in [4.69, 9.17) is 18.9 Å². The Labute approximate surface area is 179 Å². The molecular weight excluding hydrogens is 435 g/mol. The zero-order chi connectivity index (χ0) is 23.8. The second-order valence-electron chi connectivity index (χ2n) is 6.86. The predicted molar refractivity (Wildman–Crippen MR) is 104 cm³/mol. The molecule has 4 N–H and O–H groups in total. The minimum Gasteiger partial charge on any atom is -0.493 e.